The molecule has 1 saturated heterocycles. The summed E-state index contributed by atoms with van der Waals surface area (Å²) in [5.74, 6) is 1.02. The third-order valence-electron chi connectivity index (χ3n) is 3.97. The van der Waals surface area contributed by atoms with Crippen molar-refractivity contribution in [3.8, 4) is 0 Å². The Morgan fingerprint density at radius 2 is 2.00 bits per heavy atom. The lowest BCUT2D eigenvalue weighted by Crippen LogP contribution is -2.43. The highest BCUT2D eigenvalue weighted by atomic mass is 32.1. The molecule has 0 spiro atoms. The number of morpholine rings is 1. The van der Waals surface area contributed by atoms with E-state index in [0.717, 1.165) is 29.1 Å². The molecule has 2 aromatic heterocycles. The Labute approximate surface area is 133 Å². The lowest BCUT2D eigenvalue weighted by molar-refractivity contribution is -0.0175. The van der Waals surface area contributed by atoms with Crippen LogP contribution in [0.1, 0.15) is 18.6 Å². The Kier molecular flexibility index (Phi) is 3.52. The lowest BCUT2D eigenvalue weighted by Gasteiger charge is -2.37. The van der Waals surface area contributed by atoms with Crippen LogP contribution < -0.4 is 4.90 Å². The number of ether oxygens (including phenoxy) is 1. The van der Waals surface area contributed by atoms with Crippen LogP contribution in [0, 0.1) is 0 Å². The molecule has 1 aliphatic heterocycles. The zero-order valence-electron chi connectivity index (χ0n) is 12.3. The Hall–Kier alpha value is -1.98. The summed E-state index contributed by atoms with van der Waals surface area (Å²) in [7, 11) is 0. The van der Waals surface area contributed by atoms with Gasteiger partial charge in [-0.1, -0.05) is 30.3 Å². The Bertz CT molecular complexity index is 774. The van der Waals surface area contributed by atoms with Crippen LogP contribution in [0.3, 0.4) is 0 Å². The Balaban J connectivity index is 1.68. The van der Waals surface area contributed by atoms with Gasteiger partial charge >= 0.3 is 0 Å². The van der Waals surface area contributed by atoms with Crippen LogP contribution in [0.2, 0.25) is 0 Å². The second-order valence-electron chi connectivity index (χ2n) is 5.59. The third kappa shape index (κ3) is 2.46. The predicted octanol–water partition coefficient (Wildman–Crippen LogP) is 3.66. The van der Waals surface area contributed by atoms with Crippen molar-refractivity contribution in [1.82, 2.24) is 9.97 Å². The van der Waals surface area contributed by atoms with Gasteiger partial charge in [-0.25, -0.2) is 9.97 Å². The second kappa shape index (κ2) is 5.66. The van der Waals surface area contributed by atoms with Crippen LogP contribution in [-0.4, -0.2) is 29.2 Å². The van der Waals surface area contributed by atoms with Gasteiger partial charge in [-0.05, 0) is 23.9 Å². The number of hydrogen-bond donors (Lipinski definition) is 0. The maximum Gasteiger partial charge on any atom is 0.140 e. The highest BCUT2D eigenvalue weighted by Gasteiger charge is 2.28. The topological polar surface area (TPSA) is 38.2 Å². The molecule has 0 bridgehead atoms. The monoisotopic (exact) mass is 311 g/mol. The average Bonchev–Trinajstić information content (AvgIpc) is 3.03. The zero-order valence-corrected chi connectivity index (χ0v) is 13.2. The maximum absolute atomic E-state index is 6.14. The smallest absolute Gasteiger partial charge is 0.140 e. The van der Waals surface area contributed by atoms with Gasteiger partial charge in [0.15, 0.2) is 0 Å². The summed E-state index contributed by atoms with van der Waals surface area (Å²) in [6, 6.07) is 12.5. The normalized spacial score (nSPS) is 22.1. The number of fused-ring (bicyclic) bond motifs is 1. The molecule has 4 rings (SSSR count). The first-order valence-electron chi connectivity index (χ1n) is 7.45. The minimum Gasteiger partial charge on any atom is -0.367 e. The van der Waals surface area contributed by atoms with Crippen LogP contribution in [-0.2, 0) is 4.74 Å². The van der Waals surface area contributed by atoms with Crippen LogP contribution in [0.15, 0.2) is 48.1 Å². The van der Waals surface area contributed by atoms with Gasteiger partial charge in [0, 0.05) is 13.1 Å². The minimum atomic E-state index is 0.0774. The first-order valence-corrected chi connectivity index (χ1v) is 8.33. The van der Waals surface area contributed by atoms with Crippen LogP contribution in [0.25, 0.3) is 10.2 Å². The standard InChI is InChI=1S/C17H17N3OS/c1-12-9-20(10-15(21-12)13-5-3-2-4-6-13)16-14-7-8-22-17(14)19-11-18-16/h2-8,11-12,15H,9-10H2,1H3. The van der Waals surface area contributed by atoms with Crippen molar-refractivity contribution in [2.45, 2.75) is 19.1 Å². The van der Waals surface area contributed by atoms with E-state index in [1.54, 1.807) is 17.7 Å². The fourth-order valence-corrected chi connectivity index (χ4v) is 3.73. The highest BCUT2D eigenvalue weighted by Crippen LogP contribution is 2.32. The fraction of sp³-hybridized carbons (Fsp3) is 0.294. The number of hydrogen-bond acceptors (Lipinski definition) is 5. The van der Waals surface area contributed by atoms with E-state index in [0.29, 0.717) is 0 Å². The van der Waals surface area contributed by atoms with E-state index in [9.17, 15) is 0 Å². The molecule has 0 amide bonds. The van der Waals surface area contributed by atoms with Crippen LogP contribution in [0.5, 0.6) is 0 Å². The van der Waals surface area contributed by atoms with Crippen molar-refractivity contribution >= 4 is 27.4 Å². The molecule has 112 valence electrons. The minimum absolute atomic E-state index is 0.0774. The van der Waals surface area contributed by atoms with Gasteiger partial charge in [0.25, 0.3) is 0 Å². The zero-order chi connectivity index (χ0) is 14.9. The molecule has 1 fully saturated rings. The van der Waals surface area contributed by atoms with E-state index >= 15 is 0 Å². The van der Waals surface area contributed by atoms with Crippen LogP contribution >= 0.6 is 11.3 Å². The molecule has 1 aromatic carbocycles. The number of thiophene rings is 1. The molecule has 2 unspecified atom stereocenters. The number of rotatable bonds is 2. The second-order valence-corrected chi connectivity index (χ2v) is 6.48. The Morgan fingerprint density at radius 1 is 1.14 bits per heavy atom. The molecule has 5 heteroatoms. The van der Waals surface area contributed by atoms with E-state index in [1.807, 2.05) is 6.07 Å². The summed E-state index contributed by atoms with van der Waals surface area (Å²) in [5.41, 5.74) is 1.22. The van der Waals surface area contributed by atoms with Crippen LogP contribution in [0.4, 0.5) is 5.82 Å². The summed E-state index contributed by atoms with van der Waals surface area (Å²) in [6.07, 6.45) is 1.91. The van der Waals surface area contributed by atoms with E-state index in [2.05, 4.69) is 57.5 Å². The van der Waals surface area contributed by atoms with Crippen molar-refractivity contribution in [3.05, 3.63) is 53.7 Å². The van der Waals surface area contributed by atoms with E-state index < -0.39 is 0 Å². The van der Waals surface area contributed by atoms with Crippen molar-refractivity contribution in [2.75, 3.05) is 18.0 Å². The quantitative estimate of drug-likeness (QED) is 0.724. The molecule has 2 atom stereocenters. The van der Waals surface area contributed by atoms with Gasteiger partial charge in [0.05, 0.1) is 11.5 Å². The molecule has 0 radical (unpaired) electrons. The number of benzene rings is 1. The van der Waals surface area contributed by atoms with Gasteiger partial charge < -0.3 is 9.64 Å². The summed E-state index contributed by atoms with van der Waals surface area (Å²) >= 11 is 1.65. The molecule has 0 aliphatic carbocycles. The van der Waals surface area contributed by atoms with Crippen molar-refractivity contribution in [2.24, 2.45) is 0 Å². The molecular formula is C17H17N3OS. The van der Waals surface area contributed by atoms with E-state index in [4.69, 9.17) is 4.74 Å². The number of anilines is 1. The lowest BCUT2D eigenvalue weighted by atomic mass is 10.1. The van der Waals surface area contributed by atoms with Gasteiger partial charge in [0.2, 0.25) is 0 Å². The predicted molar refractivity (Wildman–Crippen MR) is 89.4 cm³/mol. The summed E-state index contributed by atoms with van der Waals surface area (Å²) in [4.78, 5) is 12.2. The average molecular weight is 311 g/mol. The number of aromatic nitrogens is 2. The van der Waals surface area contributed by atoms with Crippen molar-refractivity contribution < 1.29 is 4.74 Å². The first-order chi connectivity index (χ1) is 10.8. The summed E-state index contributed by atoms with van der Waals surface area (Å²) in [5, 5.41) is 3.20. The SMILES string of the molecule is CC1CN(c2ncnc3sccc23)CC(c2ccccc2)O1. The van der Waals surface area contributed by atoms with Crippen molar-refractivity contribution in [3.63, 3.8) is 0 Å². The first kappa shape index (κ1) is 13.7. The van der Waals surface area contributed by atoms with Gasteiger partial charge in [-0.15, -0.1) is 11.3 Å². The molecule has 3 heterocycles. The van der Waals surface area contributed by atoms with Gasteiger partial charge in [0.1, 0.15) is 23.1 Å². The molecule has 3 aromatic rings. The largest absolute Gasteiger partial charge is 0.367 e. The van der Waals surface area contributed by atoms with Crippen molar-refractivity contribution in [1.29, 1.82) is 0 Å². The molecule has 4 nitrogen and oxygen atoms in total. The molecule has 1 aliphatic rings. The van der Waals surface area contributed by atoms with Gasteiger partial charge in [-0.2, -0.15) is 0 Å². The maximum atomic E-state index is 6.14. The van der Waals surface area contributed by atoms with E-state index in [-0.39, 0.29) is 12.2 Å². The molecular weight excluding hydrogens is 294 g/mol. The molecule has 22 heavy (non-hydrogen) atoms. The third-order valence-corrected chi connectivity index (χ3v) is 4.79. The number of nitrogens with zero attached hydrogens (tertiary/aromatic N) is 3. The molecule has 0 saturated carbocycles. The highest BCUT2D eigenvalue weighted by molar-refractivity contribution is 7.16. The van der Waals surface area contributed by atoms with Gasteiger partial charge in [-0.3, -0.25) is 0 Å². The summed E-state index contributed by atoms with van der Waals surface area (Å²) < 4.78 is 6.14. The van der Waals surface area contributed by atoms with E-state index in [1.165, 1.54) is 5.56 Å². The summed E-state index contributed by atoms with van der Waals surface area (Å²) in [6.45, 7) is 3.79. The fourth-order valence-electron chi connectivity index (χ4n) is 3.01. The molecule has 0 N–H and O–H groups in total. The Morgan fingerprint density at radius 3 is 2.86 bits per heavy atom.